The maximum atomic E-state index is 13.6. The Morgan fingerprint density at radius 2 is 2.06 bits per heavy atom. The van der Waals surface area contributed by atoms with Gasteiger partial charge in [-0.3, -0.25) is 0 Å². The molecule has 0 heterocycles. The molecule has 1 N–H and O–H groups in total. The van der Waals surface area contributed by atoms with Crippen LogP contribution >= 0.6 is 0 Å². The van der Waals surface area contributed by atoms with Crippen molar-refractivity contribution >= 4 is 0 Å². The Kier molecular flexibility index (Phi) is 6.16. The van der Waals surface area contributed by atoms with Crippen LogP contribution in [0, 0.1) is 17.7 Å². The van der Waals surface area contributed by atoms with Crippen LogP contribution in [0.2, 0.25) is 0 Å². The van der Waals surface area contributed by atoms with E-state index in [0.717, 1.165) is 18.5 Å². The molecule has 2 unspecified atom stereocenters. The maximum Gasteiger partial charge on any atom is 0.126 e. The molecule has 0 fully saturated rings. The zero-order valence-electron chi connectivity index (χ0n) is 10.9. The predicted molar refractivity (Wildman–Crippen MR) is 68.6 cm³/mol. The average Bonchev–Trinajstić information content (AvgIpc) is 2.31. The highest BCUT2D eigenvalue weighted by atomic mass is 19.1. The van der Waals surface area contributed by atoms with E-state index in [1.54, 1.807) is 13.2 Å². The van der Waals surface area contributed by atoms with Gasteiger partial charge in [-0.2, -0.15) is 0 Å². The van der Waals surface area contributed by atoms with Crippen molar-refractivity contribution < 1.29 is 9.13 Å². The van der Waals surface area contributed by atoms with Crippen molar-refractivity contribution in [3.63, 3.8) is 0 Å². The third-order valence-electron chi connectivity index (χ3n) is 3.14. The van der Waals surface area contributed by atoms with Crippen LogP contribution in [-0.2, 0) is 11.2 Å². The topological polar surface area (TPSA) is 21.3 Å². The van der Waals surface area contributed by atoms with E-state index in [-0.39, 0.29) is 5.82 Å². The van der Waals surface area contributed by atoms with Gasteiger partial charge in [-0.05, 0) is 43.5 Å². The number of methoxy groups -OCH3 is 1. The first-order valence-electron chi connectivity index (χ1n) is 6.06. The Morgan fingerprint density at radius 3 is 2.65 bits per heavy atom. The van der Waals surface area contributed by atoms with E-state index < -0.39 is 0 Å². The van der Waals surface area contributed by atoms with Crippen molar-refractivity contribution in [1.82, 2.24) is 5.32 Å². The second-order valence-corrected chi connectivity index (χ2v) is 4.55. The lowest BCUT2D eigenvalue weighted by Crippen LogP contribution is -2.29. The standard InChI is InChI=1S/C14H22FNO/c1-11(10-17-3)13(9-16-2)8-12-6-4-5-7-14(12)15/h4-7,11,13,16H,8-10H2,1-3H3. The van der Waals surface area contributed by atoms with E-state index in [1.165, 1.54) is 6.07 Å². The molecule has 0 aliphatic rings. The summed E-state index contributed by atoms with van der Waals surface area (Å²) in [6.07, 6.45) is 0.748. The maximum absolute atomic E-state index is 13.6. The van der Waals surface area contributed by atoms with Crippen LogP contribution in [0.5, 0.6) is 0 Å². The summed E-state index contributed by atoms with van der Waals surface area (Å²) in [5.41, 5.74) is 0.788. The second kappa shape index (κ2) is 7.41. The molecular formula is C14H22FNO. The highest BCUT2D eigenvalue weighted by molar-refractivity contribution is 5.18. The van der Waals surface area contributed by atoms with Crippen LogP contribution in [0.4, 0.5) is 4.39 Å². The zero-order valence-corrected chi connectivity index (χ0v) is 10.9. The van der Waals surface area contributed by atoms with Crippen LogP contribution < -0.4 is 5.32 Å². The lowest BCUT2D eigenvalue weighted by molar-refractivity contribution is 0.128. The number of hydrogen-bond acceptors (Lipinski definition) is 2. The first-order chi connectivity index (χ1) is 8.19. The molecule has 96 valence electrons. The molecule has 2 nitrogen and oxygen atoms in total. The third-order valence-corrected chi connectivity index (χ3v) is 3.14. The number of hydrogen-bond donors (Lipinski definition) is 1. The second-order valence-electron chi connectivity index (χ2n) is 4.55. The Labute approximate surface area is 103 Å². The fourth-order valence-corrected chi connectivity index (χ4v) is 2.08. The quantitative estimate of drug-likeness (QED) is 0.789. The molecule has 0 saturated heterocycles. The van der Waals surface area contributed by atoms with Crippen molar-refractivity contribution in [3.05, 3.63) is 35.6 Å². The zero-order chi connectivity index (χ0) is 12.7. The van der Waals surface area contributed by atoms with Gasteiger partial charge in [-0.15, -0.1) is 0 Å². The number of ether oxygens (including phenoxy) is 1. The molecule has 0 aromatic heterocycles. The first-order valence-corrected chi connectivity index (χ1v) is 6.06. The van der Waals surface area contributed by atoms with Gasteiger partial charge in [0.25, 0.3) is 0 Å². The lowest BCUT2D eigenvalue weighted by atomic mass is 9.88. The van der Waals surface area contributed by atoms with Crippen molar-refractivity contribution in [3.8, 4) is 0 Å². The van der Waals surface area contributed by atoms with Crippen LogP contribution in [0.15, 0.2) is 24.3 Å². The number of nitrogens with one attached hydrogen (secondary N) is 1. The van der Waals surface area contributed by atoms with Crippen LogP contribution in [0.1, 0.15) is 12.5 Å². The molecule has 17 heavy (non-hydrogen) atoms. The molecular weight excluding hydrogens is 217 g/mol. The van der Waals surface area contributed by atoms with Crippen molar-refractivity contribution in [2.45, 2.75) is 13.3 Å². The minimum absolute atomic E-state index is 0.113. The molecule has 1 aromatic rings. The average molecular weight is 239 g/mol. The summed E-state index contributed by atoms with van der Waals surface area (Å²) < 4.78 is 18.8. The molecule has 0 bridgehead atoms. The van der Waals surface area contributed by atoms with E-state index in [1.807, 2.05) is 19.2 Å². The monoisotopic (exact) mass is 239 g/mol. The minimum atomic E-state index is -0.113. The largest absolute Gasteiger partial charge is 0.384 e. The van der Waals surface area contributed by atoms with Crippen molar-refractivity contribution in [2.24, 2.45) is 11.8 Å². The molecule has 0 aliphatic carbocycles. The predicted octanol–water partition coefficient (Wildman–Crippen LogP) is 2.49. The van der Waals surface area contributed by atoms with Crippen molar-refractivity contribution in [2.75, 3.05) is 27.3 Å². The lowest BCUT2D eigenvalue weighted by Gasteiger charge is -2.23. The SMILES string of the molecule is CNCC(Cc1ccccc1F)C(C)COC. The summed E-state index contributed by atoms with van der Waals surface area (Å²) in [5, 5.41) is 3.17. The number of rotatable bonds is 7. The highest BCUT2D eigenvalue weighted by Gasteiger charge is 2.18. The highest BCUT2D eigenvalue weighted by Crippen LogP contribution is 2.19. The van der Waals surface area contributed by atoms with Gasteiger partial charge in [0.1, 0.15) is 5.82 Å². The van der Waals surface area contributed by atoms with Gasteiger partial charge in [-0.1, -0.05) is 25.1 Å². The van der Waals surface area contributed by atoms with Gasteiger partial charge in [0.05, 0.1) is 0 Å². The molecule has 0 amide bonds. The third kappa shape index (κ3) is 4.44. The van der Waals surface area contributed by atoms with Crippen molar-refractivity contribution in [1.29, 1.82) is 0 Å². The van der Waals surface area contributed by atoms with Crippen LogP contribution in [0.3, 0.4) is 0 Å². The molecule has 1 aromatic carbocycles. The molecule has 0 spiro atoms. The Hall–Kier alpha value is -0.930. The number of benzene rings is 1. The molecule has 0 aliphatic heterocycles. The van der Waals surface area contributed by atoms with Gasteiger partial charge in [-0.25, -0.2) is 4.39 Å². The fraction of sp³-hybridized carbons (Fsp3) is 0.571. The molecule has 0 saturated carbocycles. The fourth-order valence-electron chi connectivity index (χ4n) is 2.08. The summed E-state index contributed by atoms with van der Waals surface area (Å²) in [7, 11) is 3.63. The van der Waals surface area contributed by atoms with Crippen LogP contribution in [0.25, 0.3) is 0 Å². The summed E-state index contributed by atoms with van der Waals surface area (Å²) >= 11 is 0. The van der Waals surface area contributed by atoms with E-state index in [4.69, 9.17) is 4.74 Å². The summed E-state index contributed by atoms with van der Waals surface area (Å²) in [6, 6.07) is 6.99. The van der Waals surface area contributed by atoms with Gasteiger partial charge in [0, 0.05) is 13.7 Å². The summed E-state index contributed by atoms with van der Waals surface area (Å²) in [6.45, 7) is 3.73. The summed E-state index contributed by atoms with van der Waals surface area (Å²) in [5.74, 6) is 0.683. The van der Waals surface area contributed by atoms with E-state index in [2.05, 4.69) is 12.2 Å². The molecule has 3 heteroatoms. The van der Waals surface area contributed by atoms with Gasteiger partial charge >= 0.3 is 0 Å². The normalized spacial score (nSPS) is 14.6. The van der Waals surface area contributed by atoms with E-state index in [9.17, 15) is 4.39 Å². The summed E-state index contributed by atoms with van der Waals surface area (Å²) in [4.78, 5) is 0. The first kappa shape index (κ1) is 14.1. The van der Waals surface area contributed by atoms with E-state index in [0.29, 0.717) is 18.4 Å². The number of halogens is 1. The van der Waals surface area contributed by atoms with Crippen LogP contribution in [-0.4, -0.2) is 27.3 Å². The van der Waals surface area contributed by atoms with E-state index >= 15 is 0 Å². The Balaban J connectivity index is 2.69. The van der Waals surface area contributed by atoms with Gasteiger partial charge in [0.2, 0.25) is 0 Å². The smallest absolute Gasteiger partial charge is 0.126 e. The van der Waals surface area contributed by atoms with Gasteiger partial charge < -0.3 is 10.1 Å². The molecule has 0 radical (unpaired) electrons. The Bertz CT molecular complexity index is 330. The van der Waals surface area contributed by atoms with Gasteiger partial charge in [0.15, 0.2) is 0 Å². The Morgan fingerprint density at radius 1 is 1.35 bits per heavy atom. The molecule has 1 rings (SSSR count). The minimum Gasteiger partial charge on any atom is -0.384 e. The molecule has 2 atom stereocenters.